The van der Waals surface area contributed by atoms with E-state index in [2.05, 4.69) is 10.6 Å². The fourth-order valence-electron chi connectivity index (χ4n) is 2.85. The molecule has 0 aromatic heterocycles. The van der Waals surface area contributed by atoms with Crippen LogP contribution in [0.5, 0.6) is 0 Å². The first-order chi connectivity index (χ1) is 14.7. The van der Waals surface area contributed by atoms with Gasteiger partial charge in [-0.05, 0) is 52.5 Å². The van der Waals surface area contributed by atoms with Crippen molar-refractivity contribution in [1.29, 1.82) is 0 Å². The summed E-state index contributed by atoms with van der Waals surface area (Å²) in [4.78, 5) is 50.0. The Bertz CT molecular complexity index is 796. The SMILES string of the molecule is CC(C)C[C@H](NC(=O)CNC(=O)OC(C)(C)C)C(=O)C(C)(C)C(=O)OCc1ccccc1. The topological polar surface area (TPSA) is 111 Å². The summed E-state index contributed by atoms with van der Waals surface area (Å²) in [6.45, 7) is 11.6. The predicted octanol–water partition coefficient (Wildman–Crippen LogP) is 3.38. The van der Waals surface area contributed by atoms with E-state index < -0.39 is 40.8 Å². The molecule has 1 atom stereocenters. The number of hydrogen-bond acceptors (Lipinski definition) is 6. The van der Waals surface area contributed by atoms with Crippen molar-refractivity contribution in [3.05, 3.63) is 35.9 Å². The number of benzene rings is 1. The second-order valence-electron chi connectivity index (χ2n) is 9.66. The van der Waals surface area contributed by atoms with Crippen LogP contribution in [-0.2, 0) is 30.5 Å². The van der Waals surface area contributed by atoms with Gasteiger partial charge >= 0.3 is 12.1 Å². The van der Waals surface area contributed by atoms with Crippen LogP contribution < -0.4 is 10.6 Å². The highest BCUT2D eigenvalue weighted by Crippen LogP contribution is 2.24. The van der Waals surface area contributed by atoms with Crippen molar-refractivity contribution in [1.82, 2.24) is 10.6 Å². The highest BCUT2D eigenvalue weighted by Gasteiger charge is 2.42. The van der Waals surface area contributed by atoms with Gasteiger partial charge in [0.2, 0.25) is 5.91 Å². The monoisotopic (exact) mass is 448 g/mol. The molecule has 0 radical (unpaired) electrons. The summed E-state index contributed by atoms with van der Waals surface area (Å²) in [5.41, 5.74) is -1.34. The number of carbonyl (C=O) groups is 4. The van der Waals surface area contributed by atoms with Gasteiger partial charge < -0.3 is 20.1 Å². The van der Waals surface area contributed by atoms with Crippen LogP contribution in [0.25, 0.3) is 0 Å². The summed E-state index contributed by atoms with van der Waals surface area (Å²) in [6, 6.07) is 8.26. The molecule has 0 heterocycles. The van der Waals surface area contributed by atoms with Gasteiger partial charge in [0, 0.05) is 0 Å². The number of nitrogens with one attached hydrogen (secondary N) is 2. The summed E-state index contributed by atoms with van der Waals surface area (Å²) in [5.74, 6) is -1.58. The van der Waals surface area contributed by atoms with Crippen LogP contribution in [0.15, 0.2) is 30.3 Å². The van der Waals surface area contributed by atoms with E-state index in [1.807, 2.05) is 44.2 Å². The zero-order valence-electron chi connectivity index (χ0n) is 20.1. The molecule has 1 rings (SSSR count). The standard InChI is InChI=1S/C24H36N2O6/c1-16(2)13-18(26-19(27)14-25-22(30)32-23(3,4)5)20(28)24(6,7)21(29)31-15-17-11-9-8-10-12-17/h8-12,16,18H,13-15H2,1-7H3,(H,25,30)(H,26,27)/t18-/m0/s1. The molecule has 8 heteroatoms. The first kappa shape index (κ1) is 27.1. The molecular weight excluding hydrogens is 412 g/mol. The minimum Gasteiger partial charge on any atom is -0.460 e. The van der Waals surface area contributed by atoms with Gasteiger partial charge in [-0.1, -0.05) is 44.2 Å². The Hall–Kier alpha value is -2.90. The molecular formula is C24H36N2O6. The van der Waals surface area contributed by atoms with Crippen LogP contribution in [0, 0.1) is 11.3 Å². The molecule has 1 aromatic carbocycles. The zero-order chi connectivity index (χ0) is 24.5. The normalized spacial score (nSPS) is 12.6. The lowest BCUT2D eigenvalue weighted by atomic mass is 9.81. The van der Waals surface area contributed by atoms with Gasteiger partial charge in [0.15, 0.2) is 5.78 Å². The number of alkyl carbamates (subject to hydrolysis) is 1. The van der Waals surface area contributed by atoms with Gasteiger partial charge in [0.1, 0.15) is 24.2 Å². The van der Waals surface area contributed by atoms with Crippen LogP contribution in [0.4, 0.5) is 4.79 Å². The van der Waals surface area contributed by atoms with Crippen LogP contribution in [0.2, 0.25) is 0 Å². The van der Waals surface area contributed by atoms with Gasteiger partial charge in [-0.2, -0.15) is 0 Å². The van der Waals surface area contributed by atoms with E-state index in [9.17, 15) is 19.2 Å². The van der Waals surface area contributed by atoms with Crippen LogP contribution >= 0.6 is 0 Å². The number of carbonyl (C=O) groups excluding carboxylic acids is 4. The molecule has 0 aliphatic heterocycles. The van der Waals surface area contributed by atoms with Crippen LogP contribution in [0.1, 0.15) is 60.5 Å². The largest absolute Gasteiger partial charge is 0.460 e. The van der Waals surface area contributed by atoms with Gasteiger partial charge in [-0.3, -0.25) is 14.4 Å². The number of esters is 1. The molecule has 8 nitrogen and oxygen atoms in total. The first-order valence-electron chi connectivity index (χ1n) is 10.7. The highest BCUT2D eigenvalue weighted by molar-refractivity contribution is 6.06. The Kier molecular flexibility index (Phi) is 9.87. The van der Waals surface area contributed by atoms with Crippen LogP contribution in [-0.4, -0.2) is 41.9 Å². The van der Waals surface area contributed by atoms with Crippen molar-refractivity contribution in [3.63, 3.8) is 0 Å². The quantitative estimate of drug-likeness (QED) is 0.419. The number of amides is 2. The average Bonchev–Trinajstić information content (AvgIpc) is 2.68. The molecule has 0 unspecified atom stereocenters. The molecule has 1 aromatic rings. The Morgan fingerprint density at radius 1 is 0.969 bits per heavy atom. The lowest BCUT2D eigenvalue weighted by Crippen LogP contribution is -2.52. The van der Waals surface area contributed by atoms with E-state index in [1.54, 1.807) is 20.8 Å². The van der Waals surface area contributed by atoms with E-state index >= 15 is 0 Å². The average molecular weight is 449 g/mol. The van der Waals surface area contributed by atoms with Gasteiger partial charge in [-0.25, -0.2) is 4.79 Å². The summed E-state index contributed by atoms with van der Waals surface area (Å²) in [7, 11) is 0. The summed E-state index contributed by atoms with van der Waals surface area (Å²) < 4.78 is 10.4. The third-order valence-corrected chi connectivity index (χ3v) is 4.49. The Balaban J connectivity index is 2.76. The van der Waals surface area contributed by atoms with Crippen molar-refractivity contribution >= 4 is 23.8 Å². The molecule has 0 saturated heterocycles. The summed E-state index contributed by atoms with van der Waals surface area (Å²) in [6.07, 6.45) is -0.393. The van der Waals surface area contributed by atoms with E-state index in [4.69, 9.17) is 9.47 Å². The molecule has 0 saturated carbocycles. The Morgan fingerprint density at radius 3 is 2.09 bits per heavy atom. The lowest BCUT2D eigenvalue weighted by Gasteiger charge is -2.28. The summed E-state index contributed by atoms with van der Waals surface area (Å²) >= 11 is 0. The van der Waals surface area contributed by atoms with Crippen molar-refractivity contribution in [2.75, 3.05) is 6.54 Å². The maximum Gasteiger partial charge on any atom is 0.408 e. The number of ketones is 1. The predicted molar refractivity (Wildman–Crippen MR) is 121 cm³/mol. The second kappa shape index (κ2) is 11.6. The van der Waals surface area contributed by atoms with Crippen molar-refractivity contribution < 1.29 is 28.7 Å². The molecule has 32 heavy (non-hydrogen) atoms. The Morgan fingerprint density at radius 2 is 1.56 bits per heavy atom. The zero-order valence-corrected chi connectivity index (χ0v) is 20.1. The van der Waals surface area contributed by atoms with Crippen molar-refractivity contribution in [2.24, 2.45) is 11.3 Å². The molecule has 178 valence electrons. The molecule has 0 aliphatic rings. The molecule has 0 bridgehead atoms. The first-order valence-corrected chi connectivity index (χ1v) is 10.7. The molecule has 0 spiro atoms. The molecule has 0 aliphatic carbocycles. The molecule has 2 N–H and O–H groups in total. The summed E-state index contributed by atoms with van der Waals surface area (Å²) in [5, 5.41) is 5.00. The van der Waals surface area contributed by atoms with Gasteiger partial charge in [-0.15, -0.1) is 0 Å². The number of Topliss-reactive ketones (excluding diaryl/α,β-unsaturated/α-hetero) is 1. The third kappa shape index (κ3) is 9.49. The van der Waals surface area contributed by atoms with E-state index in [1.165, 1.54) is 13.8 Å². The molecule has 0 fully saturated rings. The number of rotatable bonds is 10. The number of hydrogen-bond donors (Lipinski definition) is 2. The maximum absolute atomic E-state index is 13.2. The van der Waals surface area contributed by atoms with Crippen LogP contribution in [0.3, 0.4) is 0 Å². The van der Waals surface area contributed by atoms with E-state index in [0.29, 0.717) is 6.42 Å². The second-order valence-corrected chi connectivity index (χ2v) is 9.66. The van der Waals surface area contributed by atoms with Crippen molar-refractivity contribution in [2.45, 2.75) is 73.1 Å². The highest BCUT2D eigenvalue weighted by atomic mass is 16.6. The fourth-order valence-corrected chi connectivity index (χ4v) is 2.85. The van der Waals surface area contributed by atoms with E-state index in [-0.39, 0.29) is 19.1 Å². The van der Waals surface area contributed by atoms with E-state index in [0.717, 1.165) is 5.56 Å². The minimum atomic E-state index is -1.46. The Labute approximate surface area is 190 Å². The lowest BCUT2D eigenvalue weighted by molar-refractivity contribution is -0.160. The van der Waals surface area contributed by atoms with Crippen molar-refractivity contribution in [3.8, 4) is 0 Å². The maximum atomic E-state index is 13.2. The smallest absolute Gasteiger partial charge is 0.408 e. The minimum absolute atomic E-state index is 0.0530. The number of ether oxygens (including phenoxy) is 2. The van der Waals surface area contributed by atoms with Gasteiger partial charge in [0.05, 0.1) is 6.04 Å². The fraction of sp³-hybridized carbons (Fsp3) is 0.583. The van der Waals surface area contributed by atoms with Gasteiger partial charge in [0.25, 0.3) is 0 Å². The third-order valence-electron chi connectivity index (χ3n) is 4.49. The molecule has 2 amide bonds.